The number of halogens is 1. The fourth-order valence-electron chi connectivity index (χ4n) is 3.68. The van der Waals surface area contributed by atoms with Crippen LogP contribution in [0.4, 0.5) is 4.79 Å². The molecule has 4 rings (SSSR count). The van der Waals surface area contributed by atoms with Gasteiger partial charge >= 0.3 is 6.03 Å². The van der Waals surface area contributed by atoms with Crippen LogP contribution in [-0.2, 0) is 13.0 Å². The molecule has 0 spiro atoms. The molecule has 0 aromatic heterocycles. The zero-order chi connectivity index (χ0) is 19.7. The van der Waals surface area contributed by atoms with Crippen molar-refractivity contribution in [1.29, 1.82) is 0 Å². The summed E-state index contributed by atoms with van der Waals surface area (Å²) < 4.78 is 0.768. The van der Waals surface area contributed by atoms with Gasteiger partial charge in [-0.3, -0.25) is 14.5 Å². The molecule has 6 nitrogen and oxygen atoms in total. The third-order valence-corrected chi connectivity index (χ3v) is 5.68. The van der Waals surface area contributed by atoms with Gasteiger partial charge in [0, 0.05) is 30.7 Å². The highest BCUT2D eigenvalue weighted by Crippen LogP contribution is 2.26. The molecule has 7 heteroatoms. The number of imide groups is 1. The van der Waals surface area contributed by atoms with Crippen molar-refractivity contribution < 1.29 is 14.4 Å². The van der Waals surface area contributed by atoms with Gasteiger partial charge in [-0.2, -0.15) is 0 Å². The van der Waals surface area contributed by atoms with E-state index in [0.29, 0.717) is 37.2 Å². The van der Waals surface area contributed by atoms with Crippen LogP contribution < -0.4 is 5.32 Å². The summed E-state index contributed by atoms with van der Waals surface area (Å²) in [6, 6.07) is 13.1. The van der Waals surface area contributed by atoms with E-state index in [0.717, 1.165) is 10.9 Å². The third-order valence-electron chi connectivity index (χ3n) is 5.19. The van der Waals surface area contributed by atoms with Crippen molar-refractivity contribution in [2.75, 3.05) is 19.6 Å². The average Bonchev–Trinajstić information content (AvgIpc) is 2.94. The standard InChI is InChI=1S/C21H20BrN3O3/c22-16-6-7-17-18(12-16)20(27)25(19(17)26)10-3-9-23-21(28)24-11-8-14-4-1-2-5-15(14)13-24/h1-2,4-7,12H,3,8-11,13H2,(H,23,28). The zero-order valence-electron chi connectivity index (χ0n) is 15.3. The first-order valence-corrected chi connectivity index (χ1v) is 10.1. The fourth-order valence-corrected chi connectivity index (χ4v) is 4.04. The number of hydrogen-bond donors (Lipinski definition) is 1. The van der Waals surface area contributed by atoms with Gasteiger partial charge in [0.1, 0.15) is 0 Å². The van der Waals surface area contributed by atoms with Crippen LogP contribution >= 0.6 is 15.9 Å². The first-order valence-electron chi connectivity index (χ1n) is 9.30. The minimum absolute atomic E-state index is 0.110. The number of urea groups is 1. The molecule has 1 N–H and O–H groups in total. The molecule has 2 aromatic carbocycles. The summed E-state index contributed by atoms with van der Waals surface area (Å²) in [6.07, 6.45) is 1.37. The maximum atomic E-state index is 12.4. The largest absolute Gasteiger partial charge is 0.338 e. The smallest absolute Gasteiger partial charge is 0.317 e. The Morgan fingerprint density at radius 2 is 1.79 bits per heavy atom. The molecule has 0 fully saturated rings. The van der Waals surface area contributed by atoms with Crippen molar-refractivity contribution in [2.24, 2.45) is 0 Å². The lowest BCUT2D eigenvalue weighted by molar-refractivity contribution is 0.0653. The molecule has 28 heavy (non-hydrogen) atoms. The molecule has 144 valence electrons. The molecular weight excluding hydrogens is 422 g/mol. The summed E-state index contributed by atoms with van der Waals surface area (Å²) in [4.78, 5) is 40.3. The van der Waals surface area contributed by atoms with Crippen molar-refractivity contribution in [3.63, 3.8) is 0 Å². The van der Waals surface area contributed by atoms with Gasteiger partial charge in [-0.1, -0.05) is 40.2 Å². The van der Waals surface area contributed by atoms with Crippen molar-refractivity contribution in [1.82, 2.24) is 15.1 Å². The lowest BCUT2D eigenvalue weighted by atomic mass is 10.0. The molecule has 4 amide bonds. The molecule has 2 aliphatic rings. The number of rotatable bonds is 4. The number of amides is 4. The topological polar surface area (TPSA) is 69.7 Å². The predicted molar refractivity (Wildman–Crippen MR) is 108 cm³/mol. The van der Waals surface area contributed by atoms with Gasteiger partial charge in [0.05, 0.1) is 11.1 Å². The number of fused-ring (bicyclic) bond motifs is 2. The van der Waals surface area contributed by atoms with E-state index in [2.05, 4.69) is 33.4 Å². The highest BCUT2D eigenvalue weighted by atomic mass is 79.9. The summed E-state index contributed by atoms with van der Waals surface area (Å²) in [5, 5.41) is 2.90. The summed E-state index contributed by atoms with van der Waals surface area (Å²) in [5.74, 6) is -0.549. The van der Waals surface area contributed by atoms with Gasteiger partial charge in [-0.25, -0.2) is 4.79 Å². The quantitative estimate of drug-likeness (QED) is 0.584. The van der Waals surface area contributed by atoms with E-state index < -0.39 is 0 Å². The van der Waals surface area contributed by atoms with Crippen LogP contribution in [0.2, 0.25) is 0 Å². The molecule has 0 bridgehead atoms. The van der Waals surface area contributed by atoms with Crippen LogP contribution in [0.3, 0.4) is 0 Å². The van der Waals surface area contributed by atoms with Crippen LogP contribution in [0.5, 0.6) is 0 Å². The van der Waals surface area contributed by atoms with Gasteiger partial charge in [-0.05, 0) is 42.2 Å². The molecule has 0 saturated carbocycles. The average molecular weight is 442 g/mol. The zero-order valence-corrected chi connectivity index (χ0v) is 16.9. The number of carbonyl (C=O) groups is 3. The number of nitrogens with one attached hydrogen (secondary N) is 1. The molecular formula is C21H20BrN3O3. The minimum Gasteiger partial charge on any atom is -0.338 e. The number of carbonyl (C=O) groups excluding carboxylic acids is 3. The van der Waals surface area contributed by atoms with E-state index in [4.69, 9.17) is 0 Å². The molecule has 0 unspecified atom stereocenters. The Morgan fingerprint density at radius 3 is 2.61 bits per heavy atom. The van der Waals surface area contributed by atoms with E-state index >= 15 is 0 Å². The Bertz CT molecular complexity index is 960. The monoisotopic (exact) mass is 441 g/mol. The van der Waals surface area contributed by atoms with Crippen molar-refractivity contribution >= 4 is 33.8 Å². The van der Waals surface area contributed by atoms with Gasteiger partial charge < -0.3 is 10.2 Å². The summed E-state index contributed by atoms with van der Waals surface area (Å²) in [6.45, 7) is 1.99. The van der Waals surface area contributed by atoms with E-state index in [1.807, 2.05) is 12.1 Å². The molecule has 0 radical (unpaired) electrons. The van der Waals surface area contributed by atoms with Crippen LogP contribution in [0, 0.1) is 0 Å². The molecule has 2 heterocycles. The Kier molecular flexibility index (Phi) is 5.17. The van der Waals surface area contributed by atoms with Crippen LogP contribution in [0.25, 0.3) is 0 Å². The minimum atomic E-state index is -0.278. The molecule has 0 aliphatic carbocycles. The lowest BCUT2D eigenvalue weighted by Gasteiger charge is -2.29. The lowest BCUT2D eigenvalue weighted by Crippen LogP contribution is -2.43. The Balaban J connectivity index is 1.27. The van der Waals surface area contributed by atoms with E-state index in [9.17, 15) is 14.4 Å². The second kappa shape index (κ2) is 7.75. The number of benzene rings is 2. The number of nitrogens with zero attached hydrogens (tertiary/aromatic N) is 2. The second-order valence-electron chi connectivity index (χ2n) is 6.98. The van der Waals surface area contributed by atoms with E-state index in [1.165, 1.54) is 16.0 Å². The predicted octanol–water partition coefficient (Wildman–Crippen LogP) is 3.20. The Labute approximate surface area is 171 Å². The first-order chi connectivity index (χ1) is 13.5. The van der Waals surface area contributed by atoms with Gasteiger partial charge in [0.15, 0.2) is 0 Å². The fraction of sp³-hybridized carbons (Fsp3) is 0.286. The van der Waals surface area contributed by atoms with E-state index in [1.54, 1.807) is 23.1 Å². The normalized spacial score (nSPS) is 15.5. The van der Waals surface area contributed by atoms with E-state index in [-0.39, 0.29) is 24.4 Å². The van der Waals surface area contributed by atoms with Crippen LogP contribution in [0.1, 0.15) is 38.3 Å². The molecule has 0 saturated heterocycles. The second-order valence-corrected chi connectivity index (χ2v) is 7.89. The molecule has 2 aliphatic heterocycles. The first kappa shape index (κ1) is 18.7. The van der Waals surface area contributed by atoms with Crippen molar-refractivity contribution in [2.45, 2.75) is 19.4 Å². The van der Waals surface area contributed by atoms with Crippen LogP contribution in [-0.4, -0.2) is 47.3 Å². The number of hydrogen-bond acceptors (Lipinski definition) is 3. The Hall–Kier alpha value is -2.67. The highest BCUT2D eigenvalue weighted by Gasteiger charge is 2.35. The van der Waals surface area contributed by atoms with Crippen molar-refractivity contribution in [3.8, 4) is 0 Å². The third kappa shape index (κ3) is 3.54. The van der Waals surface area contributed by atoms with Gasteiger partial charge in [0.2, 0.25) is 0 Å². The summed E-state index contributed by atoms with van der Waals surface area (Å²) in [5.41, 5.74) is 3.34. The van der Waals surface area contributed by atoms with Gasteiger partial charge in [-0.15, -0.1) is 0 Å². The molecule has 0 atom stereocenters. The molecule has 2 aromatic rings. The van der Waals surface area contributed by atoms with Gasteiger partial charge in [0.25, 0.3) is 11.8 Å². The Morgan fingerprint density at radius 1 is 1.04 bits per heavy atom. The highest BCUT2D eigenvalue weighted by molar-refractivity contribution is 9.10. The maximum absolute atomic E-state index is 12.4. The summed E-state index contributed by atoms with van der Waals surface area (Å²) in [7, 11) is 0. The SMILES string of the molecule is O=C(NCCCN1C(=O)c2ccc(Br)cc2C1=O)N1CCc2ccccc2C1. The maximum Gasteiger partial charge on any atom is 0.317 e. The van der Waals surface area contributed by atoms with Crippen LogP contribution in [0.15, 0.2) is 46.9 Å². The summed E-state index contributed by atoms with van der Waals surface area (Å²) >= 11 is 3.33. The van der Waals surface area contributed by atoms with Crippen molar-refractivity contribution in [3.05, 3.63) is 69.2 Å².